The molecule has 0 unspecified atom stereocenters. The van der Waals surface area contributed by atoms with Crippen molar-refractivity contribution in [3.05, 3.63) is 83.9 Å². The Morgan fingerprint density at radius 3 is 1.33 bits per heavy atom. The van der Waals surface area contributed by atoms with Crippen LogP contribution in [-0.2, 0) is 0 Å². The summed E-state index contributed by atoms with van der Waals surface area (Å²) in [5.74, 6) is 0.498. The molecule has 0 heterocycles. The number of para-hydroxylation sites is 2. The van der Waals surface area contributed by atoms with Gasteiger partial charge in [-0.05, 0) is 62.4 Å². The van der Waals surface area contributed by atoms with Crippen molar-refractivity contribution in [2.24, 2.45) is 0 Å². The van der Waals surface area contributed by atoms with E-state index in [2.05, 4.69) is 0 Å². The molecule has 0 saturated heterocycles. The summed E-state index contributed by atoms with van der Waals surface area (Å²) in [6, 6.07) is 20.0. The summed E-state index contributed by atoms with van der Waals surface area (Å²) < 4.78 is 21.7. The molecule has 0 fully saturated rings. The highest BCUT2D eigenvalue weighted by Gasteiger charge is 2.16. The van der Waals surface area contributed by atoms with Crippen molar-refractivity contribution in [3.63, 3.8) is 0 Å². The molecule has 6 nitrogen and oxygen atoms in total. The molecule has 3 rings (SSSR count). The predicted molar refractivity (Wildman–Crippen MR) is 112 cm³/mol. The molecule has 3 aromatic rings. The highest BCUT2D eigenvalue weighted by atomic mass is 16.5. The molecule has 0 aliphatic carbocycles. The van der Waals surface area contributed by atoms with E-state index in [0.717, 1.165) is 0 Å². The van der Waals surface area contributed by atoms with Crippen LogP contribution in [0.15, 0.2) is 72.8 Å². The normalized spacial score (nSPS) is 10.2. The topological polar surface area (TPSA) is 71.1 Å². The van der Waals surface area contributed by atoms with Crippen molar-refractivity contribution in [1.29, 1.82) is 0 Å². The second kappa shape index (κ2) is 10.1. The van der Waals surface area contributed by atoms with Crippen LogP contribution in [-0.4, -0.2) is 25.2 Å². The monoisotopic (exact) mass is 406 g/mol. The van der Waals surface area contributed by atoms with Gasteiger partial charge in [0.1, 0.15) is 34.1 Å². The zero-order chi connectivity index (χ0) is 21.3. The van der Waals surface area contributed by atoms with Gasteiger partial charge < -0.3 is 18.9 Å². The molecule has 0 amide bonds. The molecule has 0 saturated carbocycles. The van der Waals surface area contributed by atoms with E-state index in [1.54, 1.807) is 72.8 Å². The Bertz CT molecular complexity index is 928. The van der Waals surface area contributed by atoms with Crippen LogP contribution in [0.2, 0.25) is 0 Å². The predicted octanol–water partition coefficient (Wildman–Crippen LogP) is 4.92. The van der Waals surface area contributed by atoms with Gasteiger partial charge in [0.15, 0.2) is 0 Å². The Morgan fingerprint density at radius 2 is 0.967 bits per heavy atom. The SMILES string of the molecule is CCOc1ccccc1C(=O)Oc1ccc(OC(=O)c2ccccc2OCC)cc1. The molecular formula is C24H22O6. The van der Waals surface area contributed by atoms with Crippen molar-refractivity contribution < 1.29 is 28.5 Å². The number of esters is 2. The Morgan fingerprint density at radius 1 is 0.600 bits per heavy atom. The van der Waals surface area contributed by atoms with Crippen molar-refractivity contribution >= 4 is 11.9 Å². The highest BCUT2D eigenvalue weighted by molar-refractivity contribution is 5.94. The summed E-state index contributed by atoms with van der Waals surface area (Å²) in [5.41, 5.74) is 0.671. The summed E-state index contributed by atoms with van der Waals surface area (Å²) in [6.45, 7) is 4.57. The number of carbonyl (C=O) groups excluding carboxylic acids is 2. The van der Waals surface area contributed by atoms with E-state index < -0.39 is 11.9 Å². The average molecular weight is 406 g/mol. The molecule has 3 aromatic carbocycles. The number of carbonyl (C=O) groups is 2. The fraction of sp³-hybridized carbons (Fsp3) is 0.167. The lowest BCUT2D eigenvalue weighted by Gasteiger charge is -2.11. The minimum Gasteiger partial charge on any atom is -0.493 e. The van der Waals surface area contributed by atoms with E-state index >= 15 is 0 Å². The lowest BCUT2D eigenvalue weighted by molar-refractivity contribution is 0.0714. The first kappa shape index (κ1) is 20.9. The van der Waals surface area contributed by atoms with Gasteiger partial charge in [-0.1, -0.05) is 24.3 Å². The van der Waals surface area contributed by atoms with Gasteiger partial charge in [0, 0.05) is 0 Å². The standard InChI is InChI=1S/C24H22O6/c1-3-27-21-11-7-5-9-19(21)23(25)29-17-13-15-18(16-14-17)30-24(26)20-10-6-8-12-22(20)28-4-2/h5-16H,3-4H2,1-2H3. The molecule has 0 bridgehead atoms. The third kappa shape index (κ3) is 5.17. The zero-order valence-electron chi connectivity index (χ0n) is 16.8. The third-order valence-electron chi connectivity index (χ3n) is 4.06. The first-order chi connectivity index (χ1) is 14.6. The molecule has 30 heavy (non-hydrogen) atoms. The van der Waals surface area contributed by atoms with Crippen LogP contribution in [0.1, 0.15) is 34.6 Å². The van der Waals surface area contributed by atoms with Crippen molar-refractivity contribution in [3.8, 4) is 23.0 Å². The number of hydrogen-bond donors (Lipinski definition) is 0. The molecule has 0 aliphatic rings. The number of ether oxygens (including phenoxy) is 4. The summed E-state index contributed by atoms with van der Waals surface area (Å²) in [6.07, 6.45) is 0. The molecular weight excluding hydrogens is 384 g/mol. The maximum absolute atomic E-state index is 12.5. The quantitative estimate of drug-likeness (QED) is 0.391. The highest BCUT2D eigenvalue weighted by Crippen LogP contribution is 2.24. The first-order valence-electron chi connectivity index (χ1n) is 9.60. The first-order valence-corrected chi connectivity index (χ1v) is 9.60. The van der Waals surface area contributed by atoms with E-state index in [9.17, 15) is 9.59 Å². The molecule has 0 radical (unpaired) electrons. The van der Waals surface area contributed by atoms with Gasteiger partial charge in [0.25, 0.3) is 0 Å². The molecule has 0 aromatic heterocycles. The van der Waals surface area contributed by atoms with Crippen LogP contribution >= 0.6 is 0 Å². The Kier molecular flexibility index (Phi) is 7.05. The summed E-state index contributed by atoms with van der Waals surface area (Å²) in [7, 11) is 0. The van der Waals surface area contributed by atoms with Crippen LogP contribution in [0.4, 0.5) is 0 Å². The minimum absolute atomic E-state index is 0.320. The fourth-order valence-corrected chi connectivity index (χ4v) is 2.73. The van der Waals surface area contributed by atoms with E-state index in [1.807, 2.05) is 13.8 Å². The molecule has 0 spiro atoms. The van der Waals surface area contributed by atoms with E-state index in [4.69, 9.17) is 18.9 Å². The van der Waals surface area contributed by atoms with E-state index in [1.165, 1.54) is 0 Å². The number of rotatable bonds is 8. The molecule has 0 aliphatic heterocycles. The summed E-state index contributed by atoms with van der Waals surface area (Å²) in [4.78, 5) is 24.9. The lowest BCUT2D eigenvalue weighted by Crippen LogP contribution is -2.12. The van der Waals surface area contributed by atoms with Crippen LogP contribution in [0.5, 0.6) is 23.0 Å². The lowest BCUT2D eigenvalue weighted by atomic mass is 10.2. The maximum Gasteiger partial charge on any atom is 0.347 e. The maximum atomic E-state index is 12.5. The molecule has 0 N–H and O–H groups in total. The second-order valence-corrected chi connectivity index (χ2v) is 6.11. The number of hydrogen-bond acceptors (Lipinski definition) is 6. The zero-order valence-corrected chi connectivity index (χ0v) is 16.8. The van der Waals surface area contributed by atoms with Crippen LogP contribution in [0, 0.1) is 0 Å². The Labute approximate surface area is 175 Å². The van der Waals surface area contributed by atoms with Crippen molar-refractivity contribution in [2.45, 2.75) is 13.8 Å². The van der Waals surface area contributed by atoms with Gasteiger partial charge in [-0.25, -0.2) is 9.59 Å². The van der Waals surface area contributed by atoms with Crippen LogP contribution in [0.25, 0.3) is 0 Å². The average Bonchev–Trinajstić information content (AvgIpc) is 2.76. The van der Waals surface area contributed by atoms with Gasteiger partial charge in [0.2, 0.25) is 0 Å². The van der Waals surface area contributed by atoms with Crippen molar-refractivity contribution in [1.82, 2.24) is 0 Å². The molecule has 0 atom stereocenters. The summed E-state index contributed by atoms with van der Waals surface area (Å²) in [5, 5.41) is 0. The van der Waals surface area contributed by atoms with Gasteiger partial charge in [0.05, 0.1) is 13.2 Å². The molecule has 154 valence electrons. The Balaban J connectivity index is 1.67. The van der Waals surface area contributed by atoms with Gasteiger partial charge in [-0.3, -0.25) is 0 Å². The summed E-state index contributed by atoms with van der Waals surface area (Å²) >= 11 is 0. The third-order valence-corrected chi connectivity index (χ3v) is 4.06. The van der Waals surface area contributed by atoms with E-state index in [-0.39, 0.29) is 0 Å². The molecule has 6 heteroatoms. The van der Waals surface area contributed by atoms with Gasteiger partial charge in [-0.2, -0.15) is 0 Å². The Hall–Kier alpha value is -3.80. The van der Waals surface area contributed by atoms with Gasteiger partial charge >= 0.3 is 11.9 Å². The minimum atomic E-state index is -0.533. The second-order valence-electron chi connectivity index (χ2n) is 6.11. The largest absolute Gasteiger partial charge is 0.493 e. The van der Waals surface area contributed by atoms with Crippen LogP contribution < -0.4 is 18.9 Å². The smallest absolute Gasteiger partial charge is 0.347 e. The van der Waals surface area contributed by atoms with E-state index in [0.29, 0.717) is 47.3 Å². The van der Waals surface area contributed by atoms with Crippen LogP contribution in [0.3, 0.4) is 0 Å². The van der Waals surface area contributed by atoms with Gasteiger partial charge in [-0.15, -0.1) is 0 Å². The van der Waals surface area contributed by atoms with Crippen molar-refractivity contribution in [2.75, 3.05) is 13.2 Å². The fourth-order valence-electron chi connectivity index (χ4n) is 2.73. The number of benzene rings is 3.